The van der Waals surface area contributed by atoms with Crippen molar-refractivity contribution in [2.75, 3.05) is 46.3 Å². The largest absolute Gasteiger partial charge is 0.352 e. The first-order chi connectivity index (χ1) is 15.6. The Bertz CT molecular complexity index is 886. The van der Waals surface area contributed by atoms with Gasteiger partial charge in [0, 0.05) is 71.8 Å². The molecular weight excluding hydrogens is 529 g/mol. The fraction of sp³-hybridized carbons (Fsp3) is 0.542. The van der Waals surface area contributed by atoms with E-state index in [4.69, 9.17) is 0 Å². The Morgan fingerprint density at radius 3 is 2.30 bits per heavy atom. The van der Waals surface area contributed by atoms with Gasteiger partial charge >= 0.3 is 0 Å². The highest BCUT2D eigenvalue weighted by Crippen LogP contribution is 2.14. The summed E-state index contributed by atoms with van der Waals surface area (Å²) < 4.78 is 2.06. The normalized spacial score (nSPS) is 18.2. The molecule has 0 saturated carbocycles. The molecule has 1 N–H and O–H groups in total. The summed E-state index contributed by atoms with van der Waals surface area (Å²) in [5.74, 6) is 1.21. The number of nitrogens with one attached hydrogen (secondary N) is 1. The van der Waals surface area contributed by atoms with E-state index < -0.39 is 0 Å². The van der Waals surface area contributed by atoms with E-state index in [1.165, 1.54) is 11.1 Å². The highest BCUT2D eigenvalue weighted by molar-refractivity contribution is 14.0. The van der Waals surface area contributed by atoms with Crippen LogP contribution in [-0.4, -0.2) is 88.5 Å². The van der Waals surface area contributed by atoms with E-state index in [0.717, 1.165) is 71.2 Å². The fourth-order valence-corrected chi connectivity index (χ4v) is 4.55. The molecule has 2 aliphatic rings. The summed E-state index contributed by atoms with van der Waals surface area (Å²) in [5.41, 5.74) is 2.48. The number of aromatic nitrogens is 2. The molecule has 2 fully saturated rings. The number of piperazine rings is 1. The number of halogens is 1. The molecule has 4 rings (SSSR count). The fourth-order valence-electron chi connectivity index (χ4n) is 4.55. The third-order valence-electron chi connectivity index (χ3n) is 6.55. The van der Waals surface area contributed by atoms with Gasteiger partial charge in [0.15, 0.2) is 5.96 Å². The second-order valence-corrected chi connectivity index (χ2v) is 8.68. The topological polar surface area (TPSA) is 69.0 Å². The van der Waals surface area contributed by atoms with Crippen molar-refractivity contribution in [3.63, 3.8) is 0 Å². The number of carbonyl (C=O) groups is 1. The lowest BCUT2D eigenvalue weighted by Crippen LogP contribution is -2.57. The Labute approximate surface area is 214 Å². The number of amides is 1. The minimum Gasteiger partial charge on any atom is -0.352 e. The number of likely N-dealkylation sites (tertiary alicyclic amines) is 1. The van der Waals surface area contributed by atoms with E-state index in [9.17, 15) is 4.79 Å². The lowest BCUT2D eigenvalue weighted by atomic mass is 10.1. The van der Waals surface area contributed by atoms with Gasteiger partial charge in [0.25, 0.3) is 0 Å². The van der Waals surface area contributed by atoms with Crippen molar-refractivity contribution < 1.29 is 4.79 Å². The van der Waals surface area contributed by atoms with Gasteiger partial charge < -0.3 is 19.7 Å². The predicted molar refractivity (Wildman–Crippen MR) is 142 cm³/mol. The van der Waals surface area contributed by atoms with Gasteiger partial charge in [0.2, 0.25) is 5.91 Å². The van der Waals surface area contributed by atoms with Gasteiger partial charge in [0.05, 0.1) is 12.4 Å². The van der Waals surface area contributed by atoms with Gasteiger partial charge in [-0.15, -0.1) is 24.0 Å². The number of aliphatic imine (C=N–C) groups is 1. The van der Waals surface area contributed by atoms with Crippen LogP contribution in [0.2, 0.25) is 0 Å². The van der Waals surface area contributed by atoms with Crippen LogP contribution in [0.3, 0.4) is 0 Å². The van der Waals surface area contributed by atoms with Gasteiger partial charge in [-0.2, -0.15) is 0 Å². The lowest BCUT2D eigenvalue weighted by Gasteiger charge is -2.39. The molecule has 9 heteroatoms. The van der Waals surface area contributed by atoms with Crippen LogP contribution in [0.1, 0.15) is 30.9 Å². The average Bonchev–Trinajstić information content (AvgIpc) is 3.55. The predicted octanol–water partition coefficient (Wildman–Crippen LogP) is 2.25. The summed E-state index contributed by atoms with van der Waals surface area (Å²) in [6.45, 7) is 8.98. The van der Waals surface area contributed by atoms with Crippen LogP contribution in [0.5, 0.6) is 0 Å². The van der Waals surface area contributed by atoms with Crippen LogP contribution in [-0.2, 0) is 17.9 Å². The number of hydrogen-bond donors (Lipinski definition) is 1. The van der Waals surface area contributed by atoms with Crippen molar-refractivity contribution in [1.29, 1.82) is 0 Å². The Kier molecular flexibility index (Phi) is 9.54. The van der Waals surface area contributed by atoms with Gasteiger partial charge in [-0.3, -0.25) is 14.7 Å². The molecule has 2 aromatic rings. The molecular formula is C24H36IN7O. The molecule has 33 heavy (non-hydrogen) atoms. The Balaban J connectivity index is 0.00000306. The minimum absolute atomic E-state index is 0. The van der Waals surface area contributed by atoms with Gasteiger partial charge in [-0.25, -0.2) is 4.98 Å². The molecule has 1 amide bonds. The number of rotatable bonds is 6. The number of hydrogen-bond acceptors (Lipinski definition) is 4. The maximum absolute atomic E-state index is 12.7. The Morgan fingerprint density at radius 2 is 1.70 bits per heavy atom. The highest BCUT2D eigenvalue weighted by atomic mass is 127. The first-order valence-corrected chi connectivity index (χ1v) is 11.7. The number of guanidine groups is 1. The van der Waals surface area contributed by atoms with E-state index >= 15 is 0 Å². The van der Waals surface area contributed by atoms with Crippen molar-refractivity contribution >= 4 is 35.8 Å². The highest BCUT2D eigenvalue weighted by Gasteiger charge is 2.30. The van der Waals surface area contributed by atoms with Gasteiger partial charge in [-0.1, -0.05) is 24.3 Å². The van der Waals surface area contributed by atoms with Gasteiger partial charge in [0.1, 0.15) is 0 Å². The zero-order chi connectivity index (χ0) is 22.3. The third-order valence-corrected chi connectivity index (χ3v) is 6.55. The molecule has 1 atom stereocenters. The summed E-state index contributed by atoms with van der Waals surface area (Å²) >= 11 is 0. The Morgan fingerprint density at radius 1 is 1.03 bits per heavy atom. The molecule has 0 spiro atoms. The quantitative estimate of drug-likeness (QED) is 0.331. The number of benzene rings is 1. The molecule has 8 nitrogen and oxygen atoms in total. The maximum Gasteiger partial charge on any atom is 0.239 e. The van der Waals surface area contributed by atoms with Crippen LogP contribution in [0.15, 0.2) is 48.0 Å². The second-order valence-electron chi connectivity index (χ2n) is 8.68. The minimum atomic E-state index is -0.0361. The summed E-state index contributed by atoms with van der Waals surface area (Å²) in [5, 5.41) is 3.50. The molecule has 1 unspecified atom stereocenters. The van der Waals surface area contributed by atoms with Crippen LogP contribution in [0, 0.1) is 0 Å². The Hall–Kier alpha value is -2.14. The summed E-state index contributed by atoms with van der Waals surface area (Å²) in [4.78, 5) is 27.9. The SMILES string of the molecule is CN=C(NCc1ccc(Cn2ccnc2)cc1)N1CCN(C(C)C(=O)N2CCCC2)CC1.I. The number of imidazole rings is 1. The molecule has 0 radical (unpaired) electrons. The molecule has 1 aromatic carbocycles. The maximum atomic E-state index is 12.7. The lowest BCUT2D eigenvalue weighted by molar-refractivity contribution is -0.135. The van der Waals surface area contributed by atoms with Crippen LogP contribution in [0.4, 0.5) is 0 Å². The molecule has 1 aromatic heterocycles. The zero-order valence-corrected chi connectivity index (χ0v) is 22.0. The number of carbonyl (C=O) groups excluding carboxylic acids is 1. The van der Waals surface area contributed by atoms with Gasteiger partial charge in [-0.05, 0) is 30.9 Å². The first-order valence-electron chi connectivity index (χ1n) is 11.7. The molecule has 0 aliphatic carbocycles. The summed E-state index contributed by atoms with van der Waals surface area (Å²) in [6.07, 6.45) is 7.89. The van der Waals surface area contributed by atoms with E-state index in [1.54, 1.807) is 6.20 Å². The van der Waals surface area contributed by atoms with E-state index in [2.05, 4.69) is 60.8 Å². The summed E-state index contributed by atoms with van der Waals surface area (Å²) in [6, 6.07) is 8.62. The smallest absolute Gasteiger partial charge is 0.239 e. The van der Waals surface area contributed by atoms with E-state index in [1.807, 2.05) is 24.5 Å². The van der Waals surface area contributed by atoms with Crippen molar-refractivity contribution in [1.82, 2.24) is 29.6 Å². The zero-order valence-electron chi connectivity index (χ0n) is 19.7. The van der Waals surface area contributed by atoms with Crippen LogP contribution >= 0.6 is 24.0 Å². The van der Waals surface area contributed by atoms with Crippen molar-refractivity contribution in [2.45, 2.75) is 38.9 Å². The van der Waals surface area contributed by atoms with Crippen LogP contribution < -0.4 is 5.32 Å². The second kappa shape index (κ2) is 12.4. The molecule has 180 valence electrons. The molecule has 3 heterocycles. The first kappa shape index (κ1) is 25.5. The van der Waals surface area contributed by atoms with Crippen LogP contribution in [0.25, 0.3) is 0 Å². The third kappa shape index (κ3) is 6.69. The average molecular weight is 566 g/mol. The molecule has 2 aliphatic heterocycles. The van der Waals surface area contributed by atoms with Crippen molar-refractivity contribution in [2.24, 2.45) is 4.99 Å². The van der Waals surface area contributed by atoms with Crippen molar-refractivity contribution in [3.05, 3.63) is 54.1 Å². The molecule has 2 saturated heterocycles. The monoisotopic (exact) mass is 565 g/mol. The number of nitrogens with zero attached hydrogens (tertiary/aromatic N) is 6. The standard InChI is InChI=1S/C24H35N7O.HI/c1-20(23(32)30-10-3-4-11-30)29-13-15-31(16-14-29)24(25-2)27-17-21-5-7-22(8-6-21)18-28-12-9-26-19-28;/h5-9,12,19-20H,3-4,10-11,13-18H2,1-2H3,(H,25,27);1H. The van der Waals surface area contributed by atoms with E-state index in [0.29, 0.717) is 0 Å². The van der Waals surface area contributed by atoms with Crippen molar-refractivity contribution in [3.8, 4) is 0 Å². The molecule has 0 bridgehead atoms. The summed E-state index contributed by atoms with van der Waals surface area (Å²) in [7, 11) is 1.84. The van der Waals surface area contributed by atoms with E-state index in [-0.39, 0.29) is 35.9 Å².